The second-order valence-electron chi connectivity index (χ2n) is 6.30. The van der Waals surface area contributed by atoms with Crippen LogP contribution in [0, 0.1) is 6.92 Å². The second kappa shape index (κ2) is 6.17. The van der Waals surface area contributed by atoms with E-state index in [4.69, 9.17) is 14.2 Å². The van der Waals surface area contributed by atoms with E-state index in [2.05, 4.69) is 0 Å². The smallest absolute Gasteiger partial charge is 0.292 e. The Morgan fingerprint density at radius 3 is 2.52 bits per heavy atom. The molecule has 1 fully saturated rings. The summed E-state index contributed by atoms with van der Waals surface area (Å²) in [5.41, 5.74) is 3.76. The number of carbonyl (C=O) groups excluding carboxylic acids is 1. The Bertz CT molecular complexity index is 794. The monoisotopic (exact) mass is 339 g/mol. The molecule has 0 bridgehead atoms. The molecule has 4 rings (SSSR count). The van der Waals surface area contributed by atoms with Crippen molar-refractivity contribution >= 4 is 11.6 Å². The van der Waals surface area contributed by atoms with Crippen LogP contribution in [0.3, 0.4) is 0 Å². The molecule has 0 N–H and O–H groups in total. The molecule has 130 valence electrons. The summed E-state index contributed by atoms with van der Waals surface area (Å²) in [6.07, 6.45) is 0. The van der Waals surface area contributed by atoms with Crippen LogP contribution in [0.2, 0.25) is 0 Å². The summed E-state index contributed by atoms with van der Waals surface area (Å²) in [4.78, 5) is 14.9. The third-order valence-corrected chi connectivity index (χ3v) is 4.59. The number of hydrogen-bond acceptors (Lipinski definition) is 4. The quantitative estimate of drug-likeness (QED) is 0.859. The minimum absolute atomic E-state index is 0.153. The fourth-order valence-electron chi connectivity index (χ4n) is 3.44. The van der Waals surface area contributed by atoms with Crippen LogP contribution in [0.15, 0.2) is 42.5 Å². The lowest BCUT2D eigenvalue weighted by Gasteiger charge is -2.22. The summed E-state index contributed by atoms with van der Waals surface area (Å²) in [5, 5.41) is 0. The van der Waals surface area contributed by atoms with E-state index in [1.54, 1.807) is 4.90 Å². The first-order valence-electron chi connectivity index (χ1n) is 8.57. The molecule has 25 heavy (non-hydrogen) atoms. The van der Waals surface area contributed by atoms with Crippen LogP contribution in [0.1, 0.15) is 23.6 Å². The fraction of sp³-hybridized carbons (Fsp3) is 0.350. The predicted octanol–water partition coefficient (Wildman–Crippen LogP) is 3.14. The summed E-state index contributed by atoms with van der Waals surface area (Å²) < 4.78 is 17.0. The predicted molar refractivity (Wildman–Crippen MR) is 93.6 cm³/mol. The highest BCUT2D eigenvalue weighted by Gasteiger charge is 2.55. The standard InChI is InChI=1S/C20H21NO4/c1-3-23-16-7-5-15(6-8-16)13-21-18-9-4-14(2)12-17(18)20(19(21)22)24-10-11-25-20/h4-9,12H,3,10-11,13H2,1-2H3. The summed E-state index contributed by atoms with van der Waals surface area (Å²) in [6, 6.07) is 13.8. The number of rotatable bonds is 4. The Morgan fingerprint density at radius 2 is 1.84 bits per heavy atom. The summed E-state index contributed by atoms with van der Waals surface area (Å²) in [5.74, 6) is -0.597. The molecular formula is C20H21NO4. The van der Waals surface area contributed by atoms with Crippen molar-refractivity contribution in [2.75, 3.05) is 24.7 Å². The van der Waals surface area contributed by atoms with Crippen molar-refractivity contribution in [1.29, 1.82) is 0 Å². The molecule has 2 aromatic rings. The van der Waals surface area contributed by atoms with Gasteiger partial charge in [-0.25, -0.2) is 0 Å². The average Bonchev–Trinajstić information content (AvgIpc) is 3.19. The fourth-order valence-corrected chi connectivity index (χ4v) is 3.44. The lowest BCUT2D eigenvalue weighted by Crippen LogP contribution is -2.40. The molecule has 2 aliphatic heterocycles. The number of fused-ring (bicyclic) bond motifs is 2. The van der Waals surface area contributed by atoms with Gasteiger partial charge in [0.15, 0.2) is 0 Å². The summed E-state index contributed by atoms with van der Waals surface area (Å²) in [7, 11) is 0. The topological polar surface area (TPSA) is 48.0 Å². The van der Waals surface area contributed by atoms with Gasteiger partial charge < -0.3 is 19.1 Å². The Labute approximate surface area is 147 Å². The Balaban J connectivity index is 1.67. The molecule has 0 radical (unpaired) electrons. The number of carbonyl (C=O) groups is 1. The first kappa shape index (κ1) is 16.1. The zero-order valence-corrected chi connectivity index (χ0v) is 14.5. The first-order valence-corrected chi connectivity index (χ1v) is 8.57. The maximum atomic E-state index is 13.1. The zero-order chi connectivity index (χ0) is 17.4. The van der Waals surface area contributed by atoms with Crippen LogP contribution in [-0.4, -0.2) is 25.7 Å². The number of anilines is 1. The van der Waals surface area contributed by atoms with E-state index in [0.29, 0.717) is 26.4 Å². The van der Waals surface area contributed by atoms with Crippen molar-refractivity contribution in [3.63, 3.8) is 0 Å². The molecule has 0 aliphatic carbocycles. The highest BCUT2D eigenvalue weighted by atomic mass is 16.7. The van der Waals surface area contributed by atoms with Crippen LogP contribution < -0.4 is 9.64 Å². The molecule has 5 heteroatoms. The van der Waals surface area contributed by atoms with Crippen molar-refractivity contribution in [2.24, 2.45) is 0 Å². The molecule has 1 amide bonds. The van der Waals surface area contributed by atoms with Crippen LogP contribution in [0.4, 0.5) is 5.69 Å². The molecule has 1 spiro atoms. The molecule has 5 nitrogen and oxygen atoms in total. The van der Waals surface area contributed by atoms with Gasteiger partial charge in [-0.15, -0.1) is 0 Å². The van der Waals surface area contributed by atoms with Crippen molar-refractivity contribution in [3.8, 4) is 5.75 Å². The van der Waals surface area contributed by atoms with Gasteiger partial charge in [0.2, 0.25) is 0 Å². The van der Waals surface area contributed by atoms with Gasteiger partial charge in [-0.2, -0.15) is 0 Å². The molecule has 2 aromatic carbocycles. The number of benzene rings is 2. The van der Waals surface area contributed by atoms with Crippen LogP contribution >= 0.6 is 0 Å². The molecule has 2 heterocycles. The van der Waals surface area contributed by atoms with Gasteiger partial charge in [0.05, 0.1) is 32.1 Å². The van der Waals surface area contributed by atoms with Gasteiger partial charge in [0.25, 0.3) is 11.7 Å². The SMILES string of the molecule is CCOc1ccc(CN2C(=O)C3(OCCO3)c3cc(C)ccc32)cc1. The van der Waals surface area contributed by atoms with Crippen molar-refractivity contribution in [3.05, 3.63) is 59.2 Å². The third kappa shape index (κ3) is 2.60. The van der Waals surface area contributed by atoms with Crippen molar-refractivity contribution in [2.45, 2.75) is 26.2 Å². The van der Waals surface area contributed by atoms with E-state index >= 15 is 0 Å². The van der Waals surface area contributed by atoms with Gasteiger partial charge in [-0.3, -0.25) is 4.79 Å². The zero-order valence-electron chi connectivity index (χ0n) is 14.5. The summed E-state index contributed by atoms with van der Waals surface area (Å²) in [6.45, 7) is 5.91. The molecule has 0 atom stereocenters. The Kier molecular flexibility index (Phi) is 3.98. The number of aryl methyl sites for hydroxylation is 1. The normalized spacial score (nSPS) is 18.0. The second-order valence-corrected chi connectivity index (χ2v) is 6.30. The summed E-state index contributed by atoms with van der Waals surface area (Å²) >= 11 is 0. The third-order valence-electron chi connectivity index (χ3n) is 4.59. The molecule has 0 aromatic heterocycles. The largest absolute Gasteiger partial charge is 0.494 e. The molecular weight excluding hydrogens is 318 g/mol. The average molecular weight is 339 g/mol. The highest BCUT2D eigenvalue weighted by molar-refractivity contribution is 6.06. The molecule has 2 aliphatic rings. The molecule has 1 saturated heterocycles. The lowest BCUT2D eigenvalue weighted by atomic mass is 10.0. The van der Waals surface area contributed by atoms with E-state index in [1.165, 1.54) is 0 Å². The molecule has 0 saturated carbocycles. The Hall–Kier alpha value is -2.37. The van der Waals surface area contributed by atoms with Crippen LogP contribution in [-0.2, 0) is 26.6 Å². The van der Waals surface area contributed by atoms with Crippen molar-refractivity contribution in [1.82, 2.24) is 0 Å². The van der Waals surface area contributed by atoms with E-state index < -0.39 is 5.79 Å². The van der Waals surface area contributed by atoms with E-state index in [1.807, 2.05) is 56.3 Å². The van der Waals surface area contributed by atoms with E-state index in [0.717, 1.165) is 28.1 Å². The van der Waals surface area contributed by atoms with Crippen molar-refractivity contribution < 1.29 is 19.0 Å². The van der Waals surface area contributed by atoms with Gasteiger partial charge in [-0.1, -0.05) is 23.8 Å². The van der Waals surface area contributed by atoms with E-state index in [-0.39, 0.29) is 5.91 Å². The van der Waals surface area contributed by atoms with Crippen LogP contribution in [0.25, 0.3) is 0 Å². The van der Waals surface area contributed by atoms with Gasteiger partial charge in [0, 0.05) is 5.56 Å². The maximum absolute atomic E-state index is 13.1. The maximum Gasteiger partial charge on any atom is 0.292 e. The van der Waals surface area contributed by atoms with Gasteiger partial charge >= 0.3 is 0 Å². The lowest BCUT2D eigenvalue weighted by molar-refractivity contribution is -0.180. The van der Waals surface area contributed by atoms with Gasteiger partial charge in [-0.05, 0) is 43.7 Å². The Morgan fingerprint density at radius 1 is 1.12 bits per heavy atom. The minimum atomic E-state index is -1.27. The van der Waals surface area contributed by atoms with Crippen LogP contribution in [0.5, 0.6) is 5.75 Å². The highest BCUT2D eigenvalue weighted by Crippen LogP contribution is 2.46. The van der Waals surface area contributed by atoms with E-state index in [9.17, 15) is 4.79 Å². The first-order chi connectivity index (χ1) is 12.1. The van der Waals surface area contributed by atoms with Gasteiger partial charge in [0.1, 0.15) is 5.75 Å². The molecule has 0 unspecified atom stereocenters. The number of nitrogens with zero attached hydrogens (tertiary/aromatic N) is 1. The minimum Gasteiger partial charge on any atom is -0.494 e. The number of ether oxygens (including phenoxy) is 3. The number of amides is 1. The number of hydrogen-bond donors (Lipinski definition) is 0.